The molecule has 2 nitrogen and oxygen atoms in total. The van der Waals surface area contributed by atoms with Gasteiger partial charge >= 0.3 is 0 Å². The standard InChI is InChI=1S/C14H13BrN2S/c15-12-7-17-8-13(16)14(12)18-11-5-4-9-2-1-3-10(9)6-11/h4-8H,1-3,16H2. The van der Waals surface area contributed by atoms with Crippen LogP contribution in [-0.4, -0.2) is 4.98 Å². The lowest BCUT2D eigenvalue weighted by Gasteiger charge is -2.08. The summed E-state index contributed by atoms with van der Waals surface area (Å²) in [7, 11) is 0. The number of halogens is 1. The van der Waals surface area contributed by atoms with Gasteiger partial charge in [-0.05, 0) is 58.5 Å². The van der Waals surface area contributed by atoms with E-state index in [9.17, 15) is 0 Å². The van der Waals surface area contributed by atoms with Gasteiger partial charge in [0.1, 0.15) is 0 Å². The highest BCUT2D eigenvalue weighted by atomic mass is 79.9. The second-order valence-corrected chi connectivity index (χ2v) is 6.36. The average Bonchev–Trinajstić information content (AvgIpc) is 2.81. The summed E-state index contributed by atoms with van der Waals surface area (Å²) in [4.78, 5) is 6.35. The molecule has 3 rings (SSSR count). The zero-order valence-electron chi connectivity index (χ0n) is 9.82. The first-order valence-corrected chi connectivity index (χ1v) is 7.53. The van der Waals surface area contributed by atoms with Gasteiger partial charge < -0.3 is 5.73 Å². The minimum atomic E-state index is 0.717. The largest absolute Gasteiger partial charge is 0.397 e. The molecule has 0 amide bonds. The van der Waals surface area contributed by atoms with Crippen molar-refractivity contribution in [3.63, 3.8) is 0 Å². The number of benzene rings is 1. The van der Waals surface area contributed by atoms with Crippen molar-refractivity contribution in [2.45, 2.75) is 29.1 Å². The number of aromatic nitrogens is 1. The second-order valence-electron chi connectivity index (χ2n) is 4.43. The highest BCUT2D eigenvalue weighted by molar-refractivity contribution is 9.10. The summed E-state index contributed by atoms with van der Waals surface area (Å²) in [5, 5.41) is 0. The van der Waals surface area contributed by atoms with E-state index in [2.05, 4.69) is 39.1 Å². The maximum absolute atomic E-state index is 5.97. The minimum absolute atomic E-state index is 0.717. The van der Waals surface area contributed by atoms with E-state index in [4.69, 9.17) is 5.73 Å². The van der Waals surface area contributed by atoms with Crippen molar-refractivity contribution in [3.05, 3.63) is 46.2 Å². The van der Waals surface area contributed by atoms with Crippen LogP contribution in [0.3, 0.4) is 0 Å². The molecule has 92 valence electrons. The maximum Gasteiger partial charge on any atom is 0.0653 e. The van der Waals surface area contributed by atoms with Crippen LogP contribution < -0.4 is 5.73 Å². The van der Waals surface area contributed by atoms with E-state index in [0.717, 1.165) is 15.1 Å². The summed E-state index contributed by atoms with van der Waals surface area (Å²) in [5.74, 6) is 0. The van der Waals surface area contributed by atoms with Gasteiger partial charge in [0.2, 0.25) is 0 Å². The fourth-order valence-electron chi connectivity index (χ4n) is 2.28. The van der Waals surface area contributed by atoms with Gasteiger partial charge in [-0.2, -0.15) is 0 Å². The molecule has 1 aliphatic rings. The molecule has 2 aromatic rings. The van der Waals surface area contributed by atoms with E-state index in [1.807, 2.05) is 0 Å². The molecular formula is C14H13BrN2S. The van der Waals surface area contributed by atoms with Crippen molar-refractivity contribution < 1.29 is 0 Å². The number of hydrogen-bond donors (Lipinski definition) is 1. The highest BCUT2D eigenvalue weighted by Gasteiger charge is 2.12. The van der Waals surface area contributed by atoms with E-state index < -0.39 is 0 Å². The first kappa shape index (κ1) is 12.1. The Balaban J connectivity index is 1.93. The number of rotatable bonds is 2. The molecule has 0 radical (unpaired) electrons. The van der Waals surface area contributed by atoms with Crippen LogP contribution >= 0.6 is 27.7 Å². The number of hydrogen-bond acceptors (Lipinski definition) is 3. The summed E-state index contributed by atoms with van der Waals surface area (Å²) in [5.41, 5.74) is 9.68. The Morgan fingerprint density at radius 2 is 2.00 bits per heavy atom. The Morgan fingerprint density at radius 3 is 2.83 bits per heavy atom. The number of aryl methyl sites for hydroxylation is 2. The molecule has 0 saturated heterocycles. The van der Waals surface area contributed by atoms with E-state index >= 15 is 0 Å². The van der Waals surface area contributed by atoms with Crippen LogP contribution in [0.1, 0.15) is 17.5 Å². The van der Waals surface area contributed by atoms with Crippen LogP contribution in [0.4, 0.5) is 5.69 Å². The lowest BCUT2D eigenvalue weighted by Crippen LogP contribution is -1.91. The third-order valence-corrected chi connectivity index (χ3v) is 5.18. The van der Waals surface area contributed by atoms with E-state index in [1.54, 1.807) is 24.2 Å². The Bertz CT molecular complexity index is 578. The van der Waals surface area contributed by atoms with E-state index in [0.29, 0.717) is 0 Å². The van der Waals surface area contributed by atoms with E-state index in [-0.39, 0.29) is 0 Å². The van der Waals surface area contributed by atoms with Crippen molar-refractivity contribution in [1.29, 1.82) is 0 Å². The molecule has 0 atom stereocenters. The van der Waals surface area contributed by atoms with Gasteiger partial charge in [0.15, 0.2) is 0 Å². The molecule has 18 heavy (non-hydrogen) atoms. The monoisotopic (exact) mass is 320 g/mol. The van der Waals surface area contributed by atoms with Crippen molar-refractivity contribution >= 4 is 33.4 Å². The first-order valence-electron chi connectivity index (χ1n) is 5.92. The molecule has 1 aromatic carbocycles. The van der Waals surface area contributed by atoms with Crippen molar-refractivity contribution in [1.82, 2.24) is 4.98 Å². The molecule has 4 heteroatoms. The molecule has 0 spiro atoms. The summed E-state index contributed by atoms with van der Waals surface area (Å²) in [6, 6.07) is 6.72. The van der Waals surface area contributed by atoms with Crippen LogP contribution in [0.15, 0.2) is 44.9 Å². The molecule has 1 aromatic heterocycles. The van der Waals surface area contributed by atoms with Crippen molar-refractivity contribution in [2.75, 3.05) is 5.73 Å². The minimum Gasteiger partial charge on any atom is -0.397 e. The molecule has 1 aliphatic carbocycles. The molecule has 2 N–H and O–H groups in total. The molecule has 0 fully saturated rings. The van der Waals surface area contributed by atoms with Gasteiger partial charge in [0.05, 0.1) is 21.3 Å². The summed E-state index contributed by atoms with van der Waals surface area (Å²) in [6.45, 7) is 0. The molecular weight excluding hydrogens is 308 g/mol. The summed E-state index contributed by atoms with van der Waals surface area (Å²) >= 11 is 5.20. The Labute approximate surface area is 119 Å². The zero-order chi connectivity index (χ0) is 12.5. The number of anilines is 1. The molecule has 0 aliphatic heterocycles. The smallest absolute Gasteiger partial charge is 0.0653 e. The summed E-state index contributed by atoms with van der Waals surface area (Å²) in [6.07, 6.45) is 7.19. The van der Waals surface area contributed by atoms with Gasteiger partial charge in [-0.1, -0.05) is 17.8 Å². The van der Waals surface area contributed by atoms with Crippen LogP contribution in [-0.2, 0) is 12.8 Å². The highest BCUT2D eigenvalue weighted by Crippen LogP contribution is 2.38. The topological polar surface area (TPSA) is 38.9 Å². The molecule has 0 unspecified atom stereocenters. The van der Waals surface area contributed by atoms with Crippen LogP contribution in [0.2, 0.25) is 0 Å². The quantitative estimate of drug-likeness (QED) is 0.906. The SMILES string of the molecule is Nc1cncc(Br)c1Sc1ccc2c(c1)CCC2. The normalized spacial score (nSPS) is 13.6. The molecule has 1 heterocycles. The van der Waals surface area contributed by atoms with Crippen molar-refractivity contribution in [3.8, 4) is 0 Å². The average molecular weight is 321 g/mol. The Hall–Kier alpha value is -1.00. The Kier molecular flexibility index (Phi) is 3.31. The predicted octanol–water partition coefficient (Wildman–Crippen LogP) is 4.07. The van der Waals surface area contributed by atoms with Gasteiger partial charge in [-0.3, -0.25) is 4.98 Å². The Morgan fingerprint density at radius 1 is 1.17 bits per heavy atom. The lowest BCUT2D eigenvalue weighted by molar-refractivity contribution is 0.911. The maximum atomic E-state index is 5.97. The number of pyridine rings is 1. The number of nitrogens with two attached hydrogens (primary N) is 1. The number of fused-ring (bicyclic) bond motifs is 1. The van der Waals surface area contributed by atoms with Crippen LogP contribution in [0.25, 0.3) is 0 Å². The first-order chi connectivity index (χ1) is 8.74. The second kappa shape index (κ2) is 4.94. The lowest BCUT2D eigenvalue weighted by atomic mass is 10.1. The van der Waals surface area contributed by atoms with Crippen LogP contribution in [0.5, 0.6) is 0 Å². The fourth-order valence-corrected chi connectivity index (χ4v) is 3.76. The van der Waals surface area contributed by atoms with E-state index in [1.165, 1.54) is 35.3 Å². The zero-order valence-corrected chi connectivity index (χ0v) is 12.2. The van der Waals surface area contributed by atoms with Gasteiger partial charge in [-0.25, -0.2) is 0 Å². The van der Waals surface area contributed by atoms with Gasteiger partial charge in [0, 0.05) is 11.1 Å². The van der Waals surface area contributed by atoms with Gasteiger partial charge in [-0.15, -0.1) is 0 Å². The van der Waals surface area contributed by atoms with Crippen molar-refractivity contribution in [2.24, 2.45) is 0 Å². The van der Waals surface area contributed by atoms with Gasteiger partial charge in [0.25, 0.3) is 0 Å². The molecule has 0 bridgehead atoms. The fraction of sp³-hybridized carbons (Fsp3) is 0.214. The summed E-state index contributed by atoms with van der Waals surface area (Å²) < 4.78 is 0.952. The third kappa shape index (κ3) is 2.27. The third-order valence-electron chi connectivity index (χ3n) is 3.17. The number of nitrogens with zero attached hydrogens (tertiary/aromatic N) is 1. The van der Waals surface area contributed by atoms with Crippen LogP contribution in [0, 0.1) is 0 Å². The number of nitrogen functional groups attached to an aromatic ring is 1. The predicted molar refractivity (Wildman–Crippen MR) is 78.9 cm³/mol. The molecule has 0 saturated carbocycles.